The SMILES string of the molecule is OC1CCc2c(-c3cccc(Cl)c3)cccc21. The summed E-state index contributed by atoms with van der Waals surface area (Å²) in [4.78, 5) is 0. The van der Waals surface area contributed by atoms with Gasteiger partial charge < -0.3 is 5.11 Å². The molecule has 1 atom stereocenters. The molecule has 3 rings (SSSR count). The van der Waals surface area contributed by atoms with Gasteiger partial charge in [-0.15, -0.1) is 0 Å². The Balaban J connectivity index is 2.17. The zero-order valence-corrected chi connectivity index (χ0v) is 10.1. The molecule has 0 bridgehead atoms. The summed E-state index contributed by atoms with van der Waals surface area (Å²) in [5.74, 6) is 0. The lowest BCUT2D eigenvalue weighted by molar-refractivity contribution is 0.180. The van der Waals surface area contributed by atoms with E-state index in [0.717, 1.165) is 29.0 Å². The van der Waals surface area contributed by atoms with E-state index in [1.165, 1.54) is 11.1 Å². The van der Waals surface area contributed by atoms with Crippen LogP contribution in [0.15, 0.2) is 42.5 Å². The van der Waals surface area contributed by atoms with Crippen molar-refractivity contribution in [2.45, 2.75) is 18.9 Å². The van der Waals surface area contributed by atoms with Gasteiger partial charge in [-0.1, -0.05) is 41.9 Å². The Morgan fingerprint density at radius 1 is 1.12 bits per heavy atom. The molecule has 0 radical (unpaired) electrons. The summed E-state index contributed by atoms with van der Waals surface area (Å²) >= 11 is 6.02. The van der Waals surface area contributed by atoms with Gasteiger partial charge in [0.05, 0.1) is 6.10 Å². The van der Waals surface area contributed by atoms with Crippen LogP contribution < -0.4 is 0 Å². The summed E-state index contributed by atoms with van der Waals surface area (Å²) in [7, 11) is 0. The van der Waals surface area contributed by atoms with E-state index in [1.54, 1.807) is 0 Å². The summed E-state index contributed by atoms with van der Waals surface area (Å²) < 4.78 is 0. The molecule has 0 heterocycles. The number of hydrogen-bond acceptors (Lipinski definition) is 1. The molecule has 0 saturated heterocycles. The molecular weight excluding hydrogens is 232 g/mol. The molecule has 86 valence electrons. The summed E-state index contributed by atoms with van der Waals surface area (Å²) in [6, 6.07) is 14.0. The van der Waals surface area contributed by atoms with Gasteiger partial charge in [0.1, 0.15) is 0 Å². The highest BCUT2D eigenvalue weighted by molar-refractivity contribution is 6.30. The third-order valence-electron chi connectivity index (χ3n) is 3.37. The molecule has 1 nitrogen and oxygen atoms in total. The maximum Gasteiger partial charge on any atom is 0.0796 e. The van der Waals surface area contributed by atoms with Crippen LogP contribution in [0.5, 0.6) is 0 Å². The van der Waals surface area contributed by atoms with Crippen LogP contribution in [0.3, 0.4) is 0 Å². The van der Waals surface area contributed by atoms with Gasteiger partial charge in [0, 0.05) is 5.02 Å². The predicted octanol–water partition coefficient (Wildman–Crippen LogP) is 3.99. The van der Waals surface area contributed by atoms with E-state index >= 15 is 0 Å². The molecule has 0 fully saturated rings. The van der Waals surface area contributed by atoms with Crippen LogP contribution in [-0.2, 0) is 6.42 Å². The van der Waals surface area contributed by atoms with Crippen molar-refractivity contribution in [1.82, 2.24) is 0 Å². The lowest BCUT2D eigenvalue weighted by Gasteiger charge is -2.09. The van der Waals surface area contributed by atoms with Crippen molar-refractivity contribution in [2.24, 2.45) is 0 Å². The van der Waals surface area contributed by atoms with Crippen molar-refractivity contribution in [2.75, 3.05) is 0 Å². The first-order chi connectivity index (χ1) is 8.25. The van der Waals surface area contributed by atoms with Crippen molar-refractivity contribution in [3.05, 3.63) is 58.6 Å². The first-order valence-corrected chi connectivity index (χ1v) is 6.19. The Kier molecular flexibility index (Phi) is 2.65. The van der Waals surface area contributed by atoms with E-state index < -0.39 is 0 Å². The van der Waals surface area contributed by atoms with Gasteiger partial charge in [-0.2, -0.15) is 0 Å². The van der Waals surface area contributed by atoms with Gasteiger partial charge in [0.2, 0.25) is 0 Å². The lowest BCUT2D eigenvalue weighted by atomic mass is 9.97. The second kappa shape index (κ2) is 4.17. The van der Waals surface area contributed by atoms with E-state index in [4.69, 9.17) is 11.6 Å². The summed E-state index contributed by atoms with van der Waals surface area (Å²) in [5.41, 5.74) is 4.66. The largest absolute Gasteiger partial charge is 0.388 e. The fourth-order valence-electron chi connectivity index (χ4n) is 2.56. The minimum atomic E-state index is -0.302. The highest BCUT2D eigenvalue weighted by Crippen LogP contribution is 2.37. The number of benzene rings is 2. The average molecular weight is 245 g/mol. The molecule has 0 spiro atoms. The maximum atomic E-state index is 9.88. The number of rotatable bonds is 1. The van der Waals surface area contributed by atoms with Crippen molar-refractivity contribution >= 4 is 11.6 Å². The minimum absolute atomic E-state index is 0.302. The minimum Gasteiger partial charge on any atom is -0.388 e. The standard InChI is InChI=1S/C15H13ClO/c16-11-4-1-3-10(9-11)12-5-2-6-14-13(12)7-8-15(14)17/h1-6,9,15,17H,7-8H2. The van der Waals surface area contributed by atoms with Crippen LogP contribution >= 0.6 is 11.6 Å². The summed E-state index contributed by atoms with van der Waals surface area (Å²) in [6.07, 6.45) is 1.47. The second-order valence-electron chi connectivity index (χ2n) is 4.44. The molecular formula is C15H13ClO. The molecule has 2 aromatic carbocycles. The molecule has 0 amide bonds. The number of fused-ring (bicyclic) bond motifs is 1. The average Bonchev–Trinajstić information content (AvgIpc) is 2.71. The molecule has 1 aliphatic carbocycles. The Hall–Kier alpha value is -1.31. The van der Waals surface area contributed by atoms with Gasteiger partial charge >= 0.3 is 0 Å². The first kappa shape index (κ1) is 10.8. The van der Waals surface area contributed by atoms with Crippen LogP contribution in [0, 0.1) is 0 Å². The zero-order valence-electron chi connectivity index (χ0n) is 9.36. The number of halogens is 1. The molecule has 17 heavy (non-hydrogen) atoms. The van der Waals surface area contributed by atoms with E-state index in [-0.39, 0.29) is 6.10 Å². The van der Waals surface area contributed by atoms with Gasteiger partial charge in [-0.3, -0.25) is 0 Å². The van der Waals surface area contributed by atoms with E-state index in [1.807, 2.05) is 30.3 Å². The smallest absolute Gasteiger partial charge is 0.0796 e. The molecule has 2 aromatic rings. The Morgan fingerprint density at radius 2 is 1.94 bits per heavy atom. The number of aliphatic hydroxyl groups is 1. The quantitative estimate of drug-likeness (QED) is 0.804. The van der Waals surface area contributed by atoms with Crippen LogP contribution in [0.2, 0.25) is 5.02 Å². The Labute approximate surface area is 106 Å². The fraction of sp³-hybridized carbons (Fsp3) is 0.200. The molecule has 0 aliphatic heterocycles. The van der Waals surface area contributed by atoms with Gasteiger partial charge in [-0.05, 0) is 47.2 Å². The highest BCUT2D eigenvalue weighted by Gasteiger charge is 2.22. The van der Waals surface area contributed by atoms with E-state index in [0.29, 0.717) is 0 Å². The van der Waals surface area contributed by atoms with Gasteiger partial charge in [0.15, 0.2) is 0 Å². The highest BCUT2D eigenvalue weighted by atomic mass is 35.5. The fourth-order valence-corrected chi connectivity index (χ4v) is 2.75. The maximum absolute atomic E-state index is 9.88. The molecule has 1 N–H and O–H groups in total. The van der Waals surface area contributed by atoms with Crippen LogP contribution in [0.25, 0.3) is 11.1 Å². The predicted molar refractivity (Wildman–Crippen MR) is 70.2 cm³/mol. The Morgan fingerprint density at radius 3 is 2.76 bits per heavy atom. The number of aliphatic hydroxyl groups excluding tert-OH is 1. The second-order valence-corrected chi connectivity index (χ2v) is 4.87. The molecule has 1 unspecified atom stereocenters. The van der Waals surface area contributed by atoms with Crippen LogP contribution in [0.4, 0.5) is 0 Å². The Bertz CT molecular complexity index is 563. The van der Waals surface area contributed by atoms with Crippen LogP contribution in [0.1, 0.15) is 23.7 Å². The third-order valence-corrected chi connectivity index (χ3v) is 3.61. The van der Waals surface area contributed by atoms with Crippen molar-refractivity contribution < 1.29 is 5.11 Å². The van der Waals surface area contributed by atoms with Gasteiger partial charge in [-0.25, -0.2) is 0 Å². The third kappa shape index (κ3) is 1.86. The van der Waals surface area contributed by atoms with Crippen molar-refractivity contribution in [1.29, 1.82) is 0 Å². The molecule has 1 aliphatic rings. The zero-order chi connectivity index (χ0) is 11.8. The topological polar surface area (TPSA) is 20.2 Å². The summed E-state index contributed by atoms with van der Waals surface area (Å²) in [6.45, 7) is 0. The van der Waals surface area contributed by atoms with E-state index in [9.17, 15) is 5.11 Å². The molecule has 0 aromatic heterocycles. The molecule has 0 saturated carbocycles. The number of hydrogen-bond donors (Lipinski definition) is 1. The summed E-state index contributed by atoms with van der Waals surface area (Å²) in [5, 5.41) is 10.6. The first-order valence-electron chi connectivity index (χ1n) is 5.81. The van der Waals surface area contributed by atoms with Crippen LogP contribution in [-0.4, -0.2) is 5.11 Å². The normalized spacial score (nSPS) is 18.1. The molecule has 2 heteroatoms. The van der Waals surface area contributed by atoms with Gasteiger partial charge in [0.25, 0.3) is 0 Å². The van der Waals surface area contributed by atoms with Crippen molar-refractivity contribution in [3.63, 3.8) is 0 Å². The lowest BCUT2D eigenvalue weighted by Crippen LogP contribution is -1.91. The van der Waals surface area contributed by atoms with E-state index in [2.05, 4.69) is 12.1 Å². The monoisotopic (exact) mass is 244 g/mol. The van der Waals surface area contributed by atoms with Crippen molar-refractivity contribution in [3.8, 4) is 11.1 Å².